The van der Waals surface area contributed by atoms with Gasteiger partial charge >= 0.3 is 0 Å². The molecule has 0 saturated carbocycles. The van der Waals surface area contributed by atoms with Crippen molar-refractivity contribution in [1.82, 2.24) is 0 Å². The summed E-state index contributed by atoms with van der Waals surface area (Å²) in [5.74, 6) is 0.614. The molecular formula is C20H21N3O4S. The van der Waals surface area contributed by atoms with Crippen molar-refractivity contribution in [3.05, 3.63) is 64.2 Å². The number of carbonyl (C=O) groups is 2. The van der Waals surface area contributed by atoms with Gasteiger partial charge in [-0.25, -0.2) is 0 Å². The van der Waals surface area contributed by atoms with E-state index in [-0.39, 0.29) is 29.6 Å². The molecule has 1 fully saturated rings. The van der Waals surface area contributed by atoms with Gasteiger partial charge in [0.25, 0.3) is 5.69 Å². The van der Waals surface area contributed by atoms with Crippen molar-refractivity contribution >= 4 is 40.6 Å². The van der Waals surface area contributed by atoms with Crippen LogP contribution in [0.2, 0.25) is 0 Å². The Hall–Kier alpha value is -2.87. The van der Waals surface area contributed by atoms with Crippen molar-refractivity contribution in [2.45, 2.75) is 19.1 Å². The van der Waals surface area contributed by atoms with Gasteiger partial charge in [0.1, 0.15) is 5.69 Å². The molecule has 1 N–H and O–H groups in total. The monoisotopic (exact) mass is 399 g/mol. The van der Waals surface area contributed by atoms with Crippen LogP contribution in [0.4, 0.5) is 17.1 Å². The zero-order valence-corrected chi connectivity index (χ0v) is 16.3. The minimum atomic E-state index is -0.503. The second kappa shape index (κ2) is 8.88. The number of nitrogens with zero attached hydrogens (tertiary/aromatic N) is 2. The fourth-order valence-electron chi connectivity index (χ4n) is 3.04. The van der Waals surface area contributed by atoms with Crippen LogP contribution in [-0.4, -0.2) is 29.0 Å². The minimum absolute atomic E-state index is 0.130. The van der Waals surface area contributed by atoms with Crippen LogP contribution in [0.1, 0.15) is 18.9 Å². The molecular weight excluding hydrogens is 378 g/mol. The number of nitro benzene ring substituents is 1. The van der Waals surface area contributed by atoms with Gasteiger partial charge < -0.3 is 5.32 Å². The molecule has 1 aliphatic rings. The van der Waals surface area contributed by atoms with Crippen LogP contribution in [0.25, 0.3) is 0 Å². The van der Waals surface area contributed by atoms with E-state index in [2.05, 4.69) is 17.4 Å². The Morgan fingerprint density at radius 2 is 1.96 bits per heavy atom. The average molecular weight is 399 g/mol. The van der Waals surface area contributed by atoms with Gasteiger partial charge in [-0.05, 0) is 17.7 Å². The number of benzene rings is 2. The summed E-state index contributed by atoms with van der Waals surface area (Å²) >= 11 is 1.73. The Morgan fingerprint density at radius 1 is 1.21 bits per heavy atom. The molecule has 0 aromatic heterocycles. The Bertz CT molecular complexity index is 888. The SMILES string of the molecule is CC1CC(=O)N(c2ccc(NCCSCc3ccccc3)c([N+](=O)[O-])c2)C1=O. The van der Waals surface area contributed by atoms with Gasteiger partial charge in [-0.1, -0.05) is 37.3 Å². The molecule has 0 aliphatic carbocycles. The molecule has 7 nitrogen and oxygen atoms in total. The van der Waals surface area contributed by atoms with Crippen molar-refractivity contribution in [2.24, 2.45) is 5.92 Å². The summed E-state index contributed by atoms with van der Waals surface area (Å²) in [7, 11) is 0. The van der Waals surface area contributed by atoms with Gasteiger partial charge in [-0.15, -0.1) is 0 Å². The van der Waals surface area contributed by atoms with E-state index in [1.54, 1.807) is 30.8 Å². The molecule has 8 heteroatoms. The predicted octanol–water partition coefficient (Wildman–Crippen LogP) is 3.84. The summed E-state index contributed by atoms with van der Waals surface area (Å²) in [5, 5.41) is 14.5. The predicted molar refractivity (Wildman–Crippen MR) is 110 cm³/mol. The summed E-state index contributed by atoms with van der Waals surface area (Å²) in [6.45, 7) is 2.24. The second-order valence-corrected chi connectivity index (χ2v) is 7.70. The van der Waals surface area contributed by atoms with Gasteiger partial charge in [0.05, 0.1) is 10.6 Å². The average Bonchev–Trinajstić information content (AvgIpc) is 2.94. The largest absolute Gasteiger partial charge is 0.379 e. The molecule has 2 aromatic carbocycles. The van der Waals surface area contributed by atoms with Crippen molar-refractivity contribution in [3.63, 3.8) is 0 Å². The van der Waals surface area contributed by atoms with Crippen molar-refractivity contribution in [3.8, 4) is 0 Å². The first kappa shape index (κ1) is 19.9. The van der Waals surface area contributed by atoms with Gasteiger partial charge in [-0.2, -0.15) is 11.8 Å². The number of rotatable bonds is 8. The molecule has 2 aromatic rings. The number of imide groups is 1. The van der Waals surface area contributed by atoms with Crippen LogP contribution in [0.3, 0.4) is 0 Å². The van der Waals surface area contributed by atoms with Crippen molar-refractivity contribution < 1.29 is 14.5 Å². The van der Waals surface area contributed by atoms with Gasteiger partial charge in [-0.3, -0.25) is 24.6 Å². The fourth-order valence-corrected chi connectivity index (χ4v) is 3.86. The summed E-state index contributed by atoms with van der Waals surface area (Å²) in [6.07, 6.45) is 0.130. The molecule has 0 radical (unpaired) electrons. The molecule has 1 heterocycles. The topological polar surface area (TPSA) is 92.6 Å². The number of carbonyl (C=O) groups excluding carboxylic acids is 2. The van der Waals surface area contributed by atoms with Crippen LogP contribution < -0.4 is 10.2 Å². The third kappa shape index (κ3) is 4.51. The maximum Gasteiger partial charge on any atom is 0.294 e. The van der Waals surface area contributed by atoms with E-state index in [0.29, 0.717) is 12.2 Å². The zero-order valence-electron chi connectivity index (χ0n) is 15.5. The Morgan fingerprint density at radius 3 is 2.61 bits per heavy atom. The lowest BCUT2D eigenvalue weighted by atomic mass is 10.1. The van der Waals surface area contributed by atoms with E-state index < -0.39 is 10.8 Å². The number of nitrogens with one attached hydrogen (secondary N) is 1. The summed E-state index contributed by atoms with van der Waals surface area (Å²) in [6, 6.07) is 14.5. The Kier molecular flexibility index (Phi) is 6.30. The highest BCUT2D eigenvalue weighted by Gasteiger charge is 2.37. The Balaban J connectivity index is 1.62. The molecule has 0 bridgehead atoms. The fraction of sp³-hybridized carbons (Fsp3) is 0.300. The van der Waals surface area contributed by atoms with Crippen LogP contribution in [0.15, 0.2) is 48.5 Å². The number of hydrogen-bond donors (Lipinski definition) is 1. The first-order valence-electron chi connectivity index (χ1n) is 8.98. The molecule has 28 heavy (non-hydrogen) atoms. The van der Waals surface area contributed by atoms with Crippen molar-refractivity contribution in [2.75, 3.05) is 22.5 Å². The maximum absolute atomic E-state index is 12.2. The first-order valence-corrected chi connectivity index (χ1v) is 10.1. The van der Waals surface area contributed by atoms with Crippen LogP contribution in [0, 0.1) is 16.0 Å². The molecule has 1 atom stereocenters. The lowest BCUT2D eigenvalue weighted by Gasteiger charge is -2.15. The highest BCUT2D eigenvalue weighted by molar-refractivity contribution is 7.98. The number of thioether (sulfide) groups is 1. The zero-order chi connectivity index (χ0) is 20.1. The number of amides is 2. The molecule has 1 aliphatic heterocycles. The minimum Gasteiger partial charge on any atom is -0.379 e. The van der Waals surface area contributed by atoms with Crippen LogP contribution in [-0.2, 0) is 15.3 Å². The Labute approximate surface area is 167 Å². The van der Waals surface area contributed by atoms with E-state index >= 15 is 0 Å². The van der Waals surface area contributed by atoms with Crippen LogP contribution >= 0.6 is 11.8 Å². The molecule has 3 rings (SSSR count). The van der Waals surface area contributed by atoms with E-state index in [1.165, 1.54) is 11.6 Å². The second-order valence-electron chi connectivity index (χ2n) is 6.60. The highest BCUT2D eigenvalue weighted by atomic mass is 32.2. The number of anilines is 2. The number of hydrogen-bond acceptors (Lipinski definition) is 6. The lowest BCUT2D eigenvalue weighted by Crippen LogP contribution is -2.30. The molecule has 0 spiro atoms. The molecule has 1 unspecified atom stereocenters. The first-order chi connectivity index (χ1) is 13.5. The van der Waals surface area contributed by atoms with E-state index in [1.807, 2.05) is 18.2 Å². The number of nitro groups is 1. The van der Waals surface area contributed by atoms with Gasteiger partial charge in [0, 0.05) is 36.5 Å². The lowest BCUT2D eigenvalue weighted by molar-refractivity contribution is -0.383. The summed E-state index contributed by atoms with van der Waals surface area (Å²) in [5.41, 5.74) is 1.71. The third-order valence-corrected chi connectivity index (χ3v) is 5.51. The molecule has 1 saturated heterocycles. The van der Waals surface area contributed by atoms with Gasteiger partial charge in [0.2, 0.25) is 11.8 Å². The summed E-state index contributed by atoms with van der Waals surface area (Å²) < 4.78 is 0. The molecule has 146 valence electrons. The van der Waals surface area contributed by atoms with E-state index in [9.17, 15) is 19.7 Å². The van der Waals surface area contributed by atoms with Crippen molar-refractivity contribution in [1.29, 1.82) is 0 Å². The standard InChI is InChI=1S/C20H21N3O4S/c1-14-11-19(24)22(20(14)25)16-7-8-17(18(12-16)23(26)27)21-9-10-28-13-15-5-3-2-4-6-15/h2-8,12,14,21H,9-11,13H2,1H3. The quantitative estimate of drug-likeness (QED) is 0.314. The third-order valence-electron chi connectivity index (χ3n) is 4.48. The van der Waals surface area contributed by atoms with E-state index in [4.69, 9.17) is 0 Å². The normalized spacial score (nSPS) is 16.5. The van der Waals surface area contributed by atoms with Crippen LogP contribution in [0.5, 0.6) is 0 Å². The highest BCUT2D eigenvalue weighted by Crippen LogP contribution is 2.33. The van der Waals surface area contributed by atoms with Gasteiger partial charge in [0.15, 0.2) is 0 Å². The maximum atomic E-state index is 12.2. The molecule has 2 amide bonds. The summed E-state index contributed by atoms with van der Waals surface area (Å²) in [4.78, 5) is 36.2. The smallest absolute Gasteiger partial charge is 0.294 e. The van der Waals surface area contributed by atoms with E-state index in [0.717, 1.165) is 16.4 Å².